The van der Waals surface area contributed by atoms with Crippen LogP contribution in [0.5, 0.6) is 0 Å². The number of rotatable bonds is 5. The molecule has 122 valence electrons. The van der Waals surface area contributed by atoms with Gasteiger partial charge >= 0.3 is 5.97 Å². The topological polar surface area (TPSA) is 107 Å². The summed E-state index contributed by atoms with van der Waals surface area (Å²) >= 11 is 1.31. The van der Waals surface area contributed by atoms with Crippen LogP contribution in [0.2, 0.25) is 0 Å². The van der Waals surface area contributed by atoms with Gasteiger partial charge in [0.25, 0.3) is 0 Å². The number of aryl methyl sites for hydroxylation is 1. The normalized spacial score (nSPS) is 18.8. The number of hydrogen-bond acceptors (Lipinski definition) is 6. The minimum atomic E-state index is -3.63. The first kappa shape index (κ1) is 16.9. The summed E-state index contributed by atoms with van der Waals surface area (Å²) in [5.74, 6) is -1.29. The van der Waals surface area contributed by atoms with Crippen molar-refractivity contribution < 1.29 is 22.7 Å². The zero-order valence-electron chi connectivity index (χ0n) is 12.4. The number of thiophene rings is 1. The lowest BCUT2D eigenvalue weighted by atomic mass is 10.1. The molecule has 2 N–H and O–H groups in total. The maximum Gasteiger partial charge on any atom is 0.341 e. The Morgan fingerprint density at radius 3 is 2.82 bits per heavy atom. The Balaban J connectivity index is 2.25. The zero-order chi connectivity index (χ0) is 16.5. The molecule has 1 amide bonds. The number of nitrogens with two attached hydrogens (primary N) is 1. The van der Waals surface area contributed by atoms with Crippen molar-refractivity contribution in [3.63, 3.8) is 0 Å². The monoisotopic (exact) mass is 346 g/mol. The summed E-state index contributed by atoms with van der Waals surface area (Å²) in [5.41, 5.74) is 0.342. The van der Waals surface area contributed by atoms with Crippen LogP contribution >= 0.6 is 11.3 Å². The number of esters is 1. The molecular formula is C13H18N2O5S2. The molecule has 1 unspecified atom stereocenters. The maximum absolute atomic E-state index is 12.2. The second kappa shape index (κ2) is 6.35. The molecule has 1 fully saturated rings. The average Bonchev–Trinajstić information content (AvgIpc) is 2.90. The summed E-state index contributed by atoms with van der Waals surface area (Å²) in [6.07, 6.45) is 0.107. The molecule has 0 saturated carbocycles. The Labute approximate surface area is 133 Å². The highest BCUT2D eigenvalue weighted by atomic mass is 32.2. The summed E-state index contributed by atoms with van der Waals surface area (Å²) in [6.45, 7) is 4.02. The molecule has 0 aromatic carbocycles. The molecule has 0 aliphatic carbocycles. The summed E-state index contributed by atoms with van der Waals surface area (Å²) in [7, 11) is -3.63. The van der Waals surface area contributed by atoms with Crippen molar-refractivity contribution in [2.24, 2.45) is 11.1 Å². The van der Waals surface area contributed by atoms with E-state index in [0.717, 1.165) is 4.88 Å². The van der Waals surface area contributed by atoms with Crippen molar-refractivity contribution in [3.8, 4) is 0 Å². The van der Waals surface area contributed by atoms with Gasteiger partial charge in [-0.2, -0.15) is 0 Å². The van der Waals surface area contributed by atoms with Crippen molar-refractivity contribution in [1.82, 2.24) is 0 Å². The third-order valence-corrected chi connectivity index (χ3v) is 5.26. The predicted octanol–water partition coefficient (Wildman–Crippen LogP) is 0.875. The number of carbonyl (C=O) groups excluding carboxylic acids is 2. The predicted molar refractivity (Wildman–Crippen MR) is 83.4 cm³/mol. The number of sulfonamides is 1. The van der Waals surface area contributed by atoms with Crippen LogP contribution in [-0.2, 0) is 19.6 Å². The lowest BCUT2D eigenvalue weighted by molar-refractivity contribution is -0.117. The second-order valence-electron chi connectivity index (χ2n) is 5.20. The van der Waals surface area contributed by atoms with Gasteiger partial charge < -0.3 is 9.64 Å². The number of carbonyl (C=O) groups is 2. The van der Waals surface area contributed by atoms with Gasteiger partial charge in [0.1, 0.15) is 5.00 Å². The molecule has 9 heteroatoms. The molecule has 1 aliphatic rings. The molecule has 0 spiro atoms. The molecule has 7 nitrogen and oxygen atoms in total. The fourth-order valence-electron chi connectivity index (χ4n) is 2.48. The summed E-state index contributed by atoms with van der Waals surface area (Å²) < 4.78 is 27.4. The molecule has 22 heavy (non-hydrogen) atoms. The molecule has 1 aromatic rings. The van der Waals surface area contributed by atoms with E-state index in [1.54, 1.807) is 13.0 Å². The lowest BCUT2D eigenvalue weighted by Gasteiger charge is -2.16. The van der Waals surface area contributed by atoms with E-state index in [1.807, 2.05) is 6.92 Å². The van der Waals surface area contributed by atoms with Crippen LogP contribution in [0.4, 0.5) is 5.00 Å². The molecule has 1 atom stereocenters. The van der Waals surface area contributed by atoms with Crippen LogP contribution in [0.25, 0.3) is 0 Å². The minimum Gasteiger partial charge on any atom is -0.462 e. The van der Waals surface area contributed by atoms with E-state index >= 15 is 0 Å². The largest absolute Gasteiger partial charge is 0.462 e. The number of ether oxygens (including phenoxy) is 1. The Kier molecular flexibility index (Phi) is 4.88. The average molecular weight is 346 g/mol. The van der Waals surface area contributed by atoms with Crippen LogP contribution < -0.4 is 10.0 Å². The van der Waals surface area contributed by atoms with Crippen LogP contribution in [0.3, 0.4) is 0 Å². The Morgan fingerprint density at radius 2 is 2.23 bits per heavy atom. The second-order valence-corrected chi connectivity index (χ2v) is 8.09. The quantitative estimate of drug-likeness (QED) is 0.796. The molecule has 1 aliphatic heterocycles. The highest BCUT2D eigenvalue weighted by Gasteiger charge is 2.35. The summed E-state index contributed by atoms with van der Waals surface area (Å²) in [6, 6.07) is 1.68. The Hall–Kier alpha value is -1.45. The first-order valence-electron chi connectivity index (χ1n) is 6.79. The number of hydrogen-bond donors (Lipinski definition) is 1. The van der Waals surface area contributed by atoms with Gasteiger partial charge in [-0.3, -0.25) is 4.79 Å². The van der Waals surface area contributed by atoms with E-state index in [0.29, 0.717) is 10.6 Å². The molecule has 0 bridgehead atoms. The molecule has 2 heterocycles. The summed E-state index contributed by atoms with van der Waals surface area (Å²) in [5, 5.41) is 5.55. The van der Waals surface area contributed by atoms with Gasteiger partial charge in [-0.25, -0.2) is 18.4 Å². The number of nitrogens with zero attached hydrogens (tertiary/aromatic N) is 1. The van der Waals surface area contributed by atoms with Crippen molar-refractivity contribution in [3.05, 3.63) is 16.5 Å². The lowest BCUT2D eigenvalue weighted by Crippen LogP contribution is -2.28. The minimum absolute atomic E-state index is 0.107. The van der Waals surface area contributed by atoms with E-state index < -0.39 is 16.0 Å². The van der Waals surface area contributed by atoms with Gasteiger partial charge in [-0.05, 0) is 19.9 Å². The fraction of sp³-hybridized carbons (Fsp3) is 0.538. The Bertz CT molecular complexity index is 695. The number of amides is 1. The molecule has 1 saturated heterocycles. The standard InChI is InChI=1S/C13H18N2O5S2/c1-3-20-13(17)10-4-8(2)21-12(10)15-6-9(5-11(15)16)7-22(14,18)19/h4,9H,3,5-7H2,1-2H3,(H2,14,18,19). The number of anilines is 1. The highest BCUT2D eigenvalue weighted by Crippen LogP contribution is 2.36. The highest BCUT2D eigenvalue weighted by molar-refractivity contribution is 7.89. The fourth-order valence-corrected chi connectivity index (χ4v) is 4.38. The van der Waals surface area contributed by atoms with Crippen molar-refractivity contribution in [1.29, 1.82) is 0 Å². The van der Waals surface area contributed by atoms with Crippen LogP contribution in [0, 0.1) is 12.8 Å². The maximum atomic E-state index is 12.2. The van der Waals surface area contributed by atoms with E-state index in [9.17, 15) is 18.0 Å². The smallest absolute Gasteiger partial charge is 0.341 e. The van der Waals surface area contributed by atoms with Crippen LogP contribution in [0.1, 0.15) is 28.6 Å². The van der Waals surface area contributed by atoms with Gasteiger partial charge in [0.05, 0.1) is 17.9 Å². The van der Waals surface area contributed by atoms with Gasteiger partial charge in [0.2, 0.25) is 15.9 Å². The molecule has 0 radical (unpaired) electrons. The van der Waals surface area contributed by atoms with Crippen LogP contribution in [0.15, 0.2) is 6.07 Å². The molecule has 2 rings (SSSR count). The first-order chi connectivity index (χ1) is 10.2. The van der Waals surface area contributed by atoms with Gasteiger partial charge in [-0.15, -0.1) is 11.3 Å². The zero-order valence-corrected chi connectivity index (χ0v) is 14.0. The van der Waals surface area contributed by atoms with Crippen LogP contribution in [-0.4, -0.2) is 39.2 Å². The summed E-state index contributed by atoms with van der Waals surface area (Å²) in [4.78, 5) is 26.5. The van der Waals surface area contributed by atoms with E-state index in [4.69, 9.17) is 9.88 Å². The van der Waals surface area contributed by atoms with E-state index in [2.05, 4.69) is 0 Å². The van der Waals surface area contributed by atoms with Gasteiger partial charge in [-0.1, -0.05) is 0 Å². The SMILES string of the molecule is CCOC(=O)c1cc(C)sc1N1CC(CS(N)(=O)=O)CC1=O. The number of primary sulfonamides is 1. The van der Waals surface area contributed by atoms with E-state index in [-0.39, 0.29) is 37.2 Å². The van der Waals surface area contributed by atoms with Crippen molar-refractivity contribution in [2.75, 3.05) is 23.8 Å². The molecule has 1 aromatic heterocycles. The van der Waals surface area contributed by atoms with Crippen molar-refractivity contribution in [2.45, 2.75) is 20.3 Å². The first-order valence-corrected chi connectivity index (χ1v) is 9.33. The van der Waals surface area contributed by atoms with Crippen molar-refractivity contribution >= 4 is 38.2 Å². The Morgan fingerprint density at radius 1 is 1.55 bits per heavy atom. The third-order valence-electron chi connectivity index (χ3n) is 3.25. The van der Waals surface area contributed by atoms with Gasteiger partial charge in [0, 0.05) is 23.8 Å². The van der Waals surface area contributed by atoms with Gasteiger partial charge in [0.15, 0.2) is 0 Å². The molecular weight excluding hydrogens is 328 g/mol. The third kappa shape index (κ3) is 3.84. The van der Waals surface area contributed by atoms with E-state index in [1.165, 1.54) is 16.2 Å².